The molecular weight excluding hydrogens is 310 g/mol. The monoisotopic (exact) mass is 335 g/mol. The molecule has 1 unspecified atom stereocenters. The van der Waals surface area contributed by atoms with Crippen LogP contribution in [-0.4, -0.2) is 44.4 Å². The summed E-state index contributed by atoms with van der Waals surface area (Å²) in [5.74, 6) is 0.696. The molecule has 1 aromatic heterocycles. The first-order valence-corrected chi connectivity index (χ1v) is 8.75. The van der Waals surface area contributed by atoms with Crippen molar-refractivity contribution in [1.82, 2.24) is 10.6 Å². The molecule has 126 valence electrons. The first-order valence-electron chi connectivity index (χ1n) is 7.93. The van der Waals surface area contributed by atoms with Crippen LogP contribution in [0.4, 0.5) is 0 Å². The fraction of sp³-hybridized carbons (Fsp3) is 0.471. The van der Waals surface area contributed by atoms with Gasteiger partial charge in [-0.3, -0.25) is 4.99 Å². The minimum atomic E-state index is -0.547. The number of aliphatic hydroxyl groups excluding tert-OH is 1. The fourth-order valence-electron chi connectivity index (χ4n) is 2.21. The zero-order chi connectivity index (χ0) is 16.5. The summed E-state index contributed by atoms with van der Waals surface area (Å²) in [7, 11) is 1.73. The third kappa shape index (κ3) is 5.49. The molecule has 6 heteroatoms. The molecule has 1 atom stereocenters. The summed E-state index contributed by atoms with van der Waals surface area (Å²) in [4.78, 5) is 5.12. The van der Waals surface area contributed by atoms with Crippen LogP contribution in [0.2, 0.25) is 0 Å². The van der Waals surface area contributed by atoms with E-state index in [2.05, 4.69) is 27.8 Å². The van der Waals surface area contributed by atoms with Gasteiger partial charge in [0.05, 0.1) is 0 Å². The van der Waals surface area contributed by atoms with Gasteiger partial charge in [-0.15, -0.1) is 11.3 Å². The van der Waals surface area contributed by atoms with Gasteiger partial charge in [-0.25, -0.2) is 0 Å². The number of hydrogen-bond acceptors (Lipinski definition) is 4. The average molecular weight is 335 g/mol. The highest BCUT2D eigenvalue weighted by Crippen LogP contribution is 2.29. The molecule has 1 heterocycles. The van der Waals surface area contributed by atoms with Crippen LogP contribution in [0, 0.1) is 0 Å². The number of ether oxygens (including phenoxy) is 1. The Hall–Kier alpha value is -1.63. The van der Waals surface area contributed by atoms with E-state index in [1.54, 1.807) is 18.4 Å². The molecule has 0 aliphatic carbocycles. The van der Waals surface area contributed by atoms with Crippen molar-refractivity contribution < 1.29 is 9.84 Å². The Balaban J connectivity index is 1.79. The molecule has 0 saturated carbocycles. The van der Waals surface area contributed by atoms with E-state index in [-0.39, 0.29) is 0 Å². The molecule has 0 spiro atoms. The zero-order valence-corrected chi connectivity index (χ0v) is 14.5. The zero-order valence-electron chi connectivity index (χ0n) is 13.7. The summed E-state index contributed by atoms with van der Waals surface area (Å²) < 4.78 is 6.49. The fourth-order valence-corrected chi connectivity index (χ4v) is 3.26. The Morgan fingerprint density at radius 2 is 2.17 bits per heavy atom. The quantitative estimate of drug-likeness (QED) is 0.394. The molecule has 23 heavy (non-hydrogen) atoms. The minimum Gasteiger partial charge on any atom is -0.386 e. The van der Waals surface area contributed by atoms with E-state index in [0.29, 0.717) is 12.5 Å². The third-order valence-electron chi connectivity index (χ3n) is 3.42. The van der Waals surface area contributed by atoms with Crippen molar-refractivity contribution in [2.24, 2.45) is 4.99 Å². The largest absolute Gasteiger partial charge is 0.386 e. The number of rotatable bonds is 8. The number of aliphatic imine (C=N–C) groups is 1. The van der Waals surface area contributed by atoms with E-state index in [9.17, 15) is 5.11 Å². The maximum atomic E-state index is 10.4. The molecule has 1 aromatic carbocycles. The smallest absolute Gasteiger partial charge is 0.191 e. The minimum absolute atomic E-state index is 0.429. The van der Waals surface area contributed by atoms with Gasteiger partial charge in [0.1, 0.15) is 6.10 Å². The van der Waals surface area contributed by atoms with Crippen LogP contribution in [0.5, 0.6) is 0 Å². The summed E-state index contributed by atoms with van der Waals surface area (Å²) >= 11 is 1.62. The first kappa shape index (κ1) is 17.7. The number of thiophene rings is 1. The van der Waals surface area contributed by atoms with Gasteiger partial charge >= 0.3 is 0 Å². The van der Waals surface area contributed by atoms with Crippen LogP contribution < -0.4 is 10.6 Å². The molecule has 2 rings (SSSR count). The van der Waals surface area contributed by atoms with Crippen molar-refractivity contribution in [2.45, 2.75) is 19.4 Å². The van der Waals surface area contributed by atoms with Crippen LogP contribution in [0.1, 0.15) is 24.3 Å². The molecule has 5 nitrogen and oxygen atoms in total. The number of aliphatic hydroxyl groups is 1. The van der Waals surface area contributed by atoms with Crippen molar-refractivity contribution in [3.05, 3.63) is 35.2 Å². The highest BCUT2D eigenvalue weighted by Gasteiger charge is 2.11. The summed E-state index contributed by atoms with van der Waals surface area (Å²) in [6.45, 7) is 4.69. The Morgan fingerprint density at radius 3 is 2.91 bits per heavy atom. The number of guanidine groups is 1. The topological polar surface area (TPSA) is 65.9 Å². The lowest BCUT2D eigenvalue weighted by molar-refractivity contribution is 0.145. The van der Waals surface area contributed by atoms with Crippen molar-refractivity contribution in [3.8, 4) is 0 Å². The second-order valence-corrected chi connectivity index (χ2v) is 6.25. The molecule has 0 aliphatic heterocycles. The van der Waals surface area contributed by atoms with Crippen molar-refractivity contribution in [2.75, 3.05) is 33.4 Å². The van der Waals surface area contributed by atoms with Crippen LogP contribution in [0.15, 0.2) is 35.3 Å². The SMILES string of the molecule is CCOCCCNC(=NC)NCC(O)c1cc2ccccc2s1. The lowest BCUT2D eigenvalue weighted by Gasteiger charge is -2.14. The van der Waals surface area contributed by atoms with Gasteiger partial charge < -0.3 is 20.5 Å². The van der Waals surface area contributed by atoms with Crippen molar-refractivity contribution in [3.63, 3.8) is 0 Å². The normalized spacial score (nSPS) is 13.3. The second kappa shape index (κ2) is 9.50. The summed E-state index contributed by atoms with van der Waals surface area (Å²) in [6, 6.07) is 10.2. The Labute approximate surface area is 141 Å². The molecule has 0 fully saturated rings. The van der Waals surface area contributed by atoms with E-state index < -0.39 is 6.10 Å². The molecular formula is C17H25N3O2S. The highest BCUT2D eigenvalue weighted by molar-refractivity contribution is 7.19. The summed E-state index contributed by atoms with van der Waals surface area (Å²) in [5.41, 5.74) is 0. The Kier molecular flexibility index (Phi) is 7.32. The second-order valence-electron chi connectivity index (χ2n) is 5.13. The lowest BCUT2D eigenvalue weighted by atomic mass is 10.2. The number of fused-ring (bicyclic) bond motifs is 1. The molecule has 0 amide bonds. The van der Waals surface area contributed by atoms with Gasteiger partial charge in [-0.1, -0.05) is 18.2 Å². The van der Waals surface area contributed by atoms with Gasteiger partial charge in [0, 0.05) is 42.9 Å². The van der Waals surface area contributed by atoms with Crippen LogP contribution >= 0.6 is 11.3 Å². The maximum absolute atomic E-state index is 10.4. The average Bonchev–Trinajstić information content (AvgIpc) is 3.01. The third-order valence-corrected chi connectivity index (χ3v) is 4.64. The molecule has 0 bridgehead atoms. The van der Waals surface area contributed by atoms with E-state index in [4.69, 9.17) is 4.74 Å². The Bertz CT molecular complexity index is 594. The highest BCUT2D eigenvalue weighted by atomic mass is 32.1. The Morgan fingerprint density at radius 1 is 1.35 bits per heavy atom. The summed E-state index contributed by atoms with van der Waals surface area (Å²) in [6.07, 6.45) is 0.377. The van der Waals surface area contributed by atoms with Gasteiger partial charge in [-0.2, -0.15) is 0 Å². The molecule has 0 saturated heterocycles. The van der Waals surface area contributed by atoms with E-state index in [1.807, 2.05) is 25.1 Å². The summed E-state index contributed by atoms with van der Waals surface area (Å²) in [5, 5.41) is 17.9. The van der Waals surface area contributed by atoms with Crippen LogP contribution in [0.25, 0.3) is 10.1 Å². The number of hydrogen-bond donors (Lipinski definition) is 3. The molecule has 0 aliphatic rings. The standard InChI is InChI=1S/C17H25N3O2S/c1-3-22-10-6-9-19-17(18-2)20-12-14(21)16-11-13-7-4-5-8-15(13)23-16/h4-5,7-8,11,14,21H,3,6,9-10,12H2,1-2H3,(H2,18,19,20). The van der Waals surface area contributed by atoms with E-state index in [0.717, 1.165) is 31.1 Å². The maximum Gasteiger partial charge on any atom is 0.191 e. The number of benzene rings is 1. The first-order chi connectivity index (χ1) is 11.2. The number of nitrogens with zero attached hydrogens (tertiary/aromatic N) is 1. The van der Waals surface area contributed by atoms with Gasteiger partial charge in [-0.05, 0) is 30.9 Å². The predicted octanol–water partition coefficient (Wildman–Crippen LogP) is 2.53. The molecule has 3 N–H and O–H groups in total. The van der Waals surface area contributed by atoms with Crippen LogP contribution in [-0.2, 0) is 4.74 Å². The van der Waals surface area contributed by atoms with Crippen molar-refractivity contribution in [1.29, 1.82) is 0 Å². The van der Waals surface area contributed by atoms with Gasteiger partial charge in [0.25, 0.3) is 0 Å². The van der Waals surface area contributed by atoms with Crippen molar-refractivity contribution >= 4 is 27.4 Å². The lowest BCUT2D eigenvalue weighted by Crippen LogP contribution is -2.39. The molecule has 2 aromatic rings. The van der Waals surface area contributed by atoms with E-state index in [1.165, 1.54) is 10.1 Å². The number of nitrogens with one attached hydrogen (secondary N) is 2. The van der Waals surface area contributed by atoms with Gasteiger partial charge in [0.15, 0.2) is 5.96 Å². The van der Waals surface area contributed by atoms with Gasteiger partial charge in [0.2, 0.25) is 0 Å². The molecule has 0 radical (unpaired) electrons. The van der Waals surface area contributed by atoms with E-state index >= 15 is 0 Å². The van der Waals surface area contributed by atoms with Crippen LogP contribution in [0.3, 0.4) is 0 Å². The predicted molar refractivity (Wildman–Crippen MR) is 97.3 cm³/mol.